The number of para-hydroxylation sites is 1. The Morgan fingerprint density at radius 2 is 1.69 bits per heavy atom. The molecule has 1 aliphatic rings. The summed E-state index contributed by atoms with van der Waals surface area (Å²) in [4.78, 5) is 27.3. The van der Waals surface area contributed by atoms with Crippen molar-refractivity contribution in [3.8, 4) is 0 Å². The zero-order valence-electron chi connectivity index (χ0n) is 19.0. The van der Waals surface area contributed by atoms with Crippen LogP contribution in [0.2, 0.25) is 0 Å². The fourth-order valence-corrected chi connectivity index (χ4v) is 5.28. The molecule has 0 aromatic heterocycles. The number of piperidine rings is 1. The average Bonchev–Trinajstić information content (AvgIpc) is 2.74. The summed E-state index contributed by atoms with van der Waals surface area (Å²) in [5.74, 6) is -0.333. The number of carbonyl (C=O) groups is 2. The van der Waals surface area contributed by atoms with Gasteiger partial charge in [-0.05, 0) is 69.9 Å². The Labute approximate surface area is 190 Å². The predicted molar refractivity (Wildman–Crippen MR) is 125 cm³/mol. The van der Waals surface area contributed by atoms with E-state index in [0.29, 0.717) is 37.1 Å². The lowest BCUT2D eigenvalue weighted by molar-refractivity contribution is -0.126. The molecule has 7 nitrogen and oxygen atoms in total. The van der Waals surface area contributed by atoms with Crippen LogP contribution in [-0.2, 0) is 14.8 Å². The lowest BCUT2D eigenvalue weighted by Gasteiger charge is -2.32. The highest BCUT2D eigenvalue weighted by Gasteiger charge is 2.29. The number of sulfonamides is 1. The van der Waals surface area contributed by atoms with Gasteiger partial charge in [0.15, 0.2) is 0 Å². The number of nitrogens with zero attached hydrogens (tertiary/aromatic N) is 1. The molecule has 0 saturated carbocycles. The molecule has 2 aromatic rings. The van der Waals surface area contributed by atoms with Crippen LogP contribution in [0.5, 0.6) is 0 Å². The van der Waals surface area contributed by atoms with Gasteiger partial charge < -0.3 is 10.2 Å². The largest absolute Gasteiger partial charge is 0.354 e. The zero-order valence-corrected chi connectivity index (χ0v) is 19.8. The number of anilines is 1. The van der Waals surface area contributed by atoms with Crippen LogP contribution in [0.4, 0.5) is 5.69 Å². The predicted octanol–water partition coefficient (Wildman–Crippen LogP) is 3.48. The lowest BCUT2D eigenvalue weighted by Crippen LogP contribution is -2.44. The Bertz CT molecular complexity index is 1100. The van der Waals surface area contributed by atoms with Crippen LogP contribution in [-0.4, -0.2) is 44.3 Å². The van der Waals surface area contributed by atoms with Crippen LogP contribution < -0.4 is 10.0 Å². The highest BCUT2D eigenvalue weighted by Crippen LogP contribution is 2.26. The second-order valence-corrected chi connectivity index (χ2v) is 10.3. The number of benzene rings is 2. The second-order valence-electron chi connectivity index (χ2n) is 8.65. The molecule has 0 atom stereocenters. The second kappa shape index (κ2) is 9.73. The maximum atomic E-state index is 13.2. The number of likely N-dealkylation sites (tertiary alicyclic amines) is 1. The number of aryl methyl sites for hydroxylation is 2. The van der Waals surface area contributed by atoms with Gasteiger partial charge in [0, 0.05) is 25.0 Å². The van der Waals surface area contributed by atoms with Crippen LogP contribution in [0.3, 0.4) is 0 Å². The third kappa shape index (κ3) is 5.48. The van der Waals surface area contributed by atoms with Gasteiger partial charge in [0.25, 0.3) is 15.9 Å². The summed E-state index contributed by atoms with van der Waals surface area (Å²) in [5.41, 5.74) is 2.02. The van der Waals surface area contributed by atoms with Gasteiger partial charge in [0.2, 0.25) is 5.91 Å². The number of rotatable bonds is 6. The first-order valence-electron chi connectivity index (χ1n) is 10.9. The highest BCUT2D eigenvalue weighted by molar-refractivity contribution is 7.92. The number of hydrogen-bond acceptors (Lipinski definition) is 4. The minimum absolute atomic E-state index is 0.0220. The van der Waals surface area contributed by atoms with Crippen LogP contribution >= 0.6 is 0 Å². The molecule has 0 aliphatic carbocycles. The third-order valence-corrected chi connectivity index (χ3v) is 7.13. The van der Waals surface area contributed by atoms with Crippen molar-refractivity contribution in [3.05, 3.63) is 59.2 Å². The van der Waals surface area contributed by atoms with Crippen molar-refractivity contribution in [2.75, 3.05) is 17.8 Å². The van der Waals surface area contributed by atoms with E-state index < -0.39 is 10.0 Å². The van der Waals surface area contributed by atoms with Crippen LogP contribution in [0, 0.1) is 19.8 Å². The number of hydrogen-bond donors (Lipinski definition) is 2. The fraction of sp³-hybridized carbons (Fsp3) is 0.417. The van der Waals surface area contributed by atoms with E-state index in [4.69, 9.17) is 0 Å². The summed E-state index contributed by atoms with van der Waals surface area (Å²) in [6.45, 7) is 8.32. The molecule has 3 rings (SSSR count). The zero-order chi connectivity index (χ0) is 23.5. The molecule has 1 saturated heterocycles. The molecule has 0 bridgehead atoms. The van der Waals surface area contributed by atoms with Crippen LogP contribution in [0.15, 0.2) is 47.4 Å². The van der Waals surface area contributed by atoms with Crippen molar-refractivity contribution in [1.29, 1.82) is 0 Å². The average molecular weight is 458 g/mol. The Morgan fingerprint density at radius 3 is 2.34 bits per heavy atom. The van der Waals surface area contributed by atoms with Gasteiger partial charge in [-0.2, -0.15) is 0 Å². The van der Waals surface area contributed by atoms with E-state index in [1.807, 2.05) is 26.8 Å². The fourth-order valence-electron chi connectivity index (χ4n) is 3.87. The van der Waals surface area contributed by atoms with E-state index in [1.165, 1.54) is 0 Å². The molecule has 172 valence electrons. The molecule has 2 N–H and O–H groups in total. The summed E-state index contributed by atoms with van der Waals surface area (Å²) >= 11 is 0. The van der Waals surface area contributed by atoms with Gasteiger partial charge >= 0.3 is 0 Å². The van der Waals surface area contributed by atoms with Crippen molar-refractivity contribution >= 4 is 27.5 Å². The Balaban J connectivity index is 1.76. The number of nitrogens with one attached hydrogen (secondary N) is 2. The molecule has 2 amide bonds. The van der Waals surface area contributed by atoms with Crippen LogP contribution in [0.25, 0.3) is 0 Å². The monoisotopic (exact) mass is 457 g/mol. The van der Waals surface area contributed by atoms with E-state index >= 15 is 0 Å². The SMILES string of the molecule is Cc1ccc(C)c(S(=O)(=O)Nc2ccccc2C(=O)N2CCC(C(=O)NC(C)C)CC2)c1. The lowest BCUT2D eigenvalue weighted by atomic mass is 9.95. The Kier molecular flexibility index (Phi) is 7.23. The molecule has 0 radical (unpaired) electrons. The highest BCUT2D eigenvalue weighted by atomic mass is 32.2. The molecule has 0 spiro atoms. The van der Waals surface area contributed by atoms with Crippen molar-refractivity contribution in [2.45, 2.75) is 51.5 Å². The van der Waals surface area contributed by atoms with Gasteiger partial charge in [0.1, 0.15) is 0 Å². The standard InChI is InChI=1S/C24H31N3O4S/c1-16(2)25-23(28)19-11-13-27(14-12-19)24(29)20-7-5-6-8-21(20)26-32(30,31)22-15-17(3)9-10-18(22)4/h5-10,15-16,19,26H,11-14H2,1-4H3,(H,25,28). The minimum atomic E-state index is -3.86. The van der Waals surface area contributed by atoms with Crippen molar-refractivity contribution < 1.29 is 18.0 Å². The molecule has 1 heterocycles. The summed E-state index contributed by atoms with van der Waals surface area (Å²) < 4.78 is 28.7. The van der Waals surface area contributed by atoms with Gasteiger partial charge in [0.05, 0.1) is 16.1 Å². The molecular weight excluding hydrogens is 426 g/mol. The van der Waals surface area contributed by atoms with E-state index in [-0.39, 0.29) is 34.4 Å². The van der Waals surface area contributed by atoms with E-state index in [0.717, 1.165) is 5.56 Å². The molecular formula is C24H31N3O4S. The normalized spacial score (nSPS) is 15.0. The van der Waals surface area contributed by atoms with Gasteiger partial charge in [-0.1, -0.05) is 24.3 Å². The van der Waals surface area contributed by atoms with Crippen molar-refractivity contribution in [2.24, 2.45) is 5.92 Å². The van der Waals surface area contributed by atoms with Crippen LogP contribution in [0.1, 0.15) is 48.2 Å². The van der Waals surface area contributed by atoms with Gasteiger partial charge in [-0.3, -0.25) is 14.3 Å². The van der Waals surface area contributed by atoms with Gasteiger partial charge in [-0.15, -0.1) is 0 Å². The maximum absolute atomic E-state index is 13.2. The maximum Gasteiger partial charge on any atom is 0.262 e. The topological polar surface area (TPSA) is 95.6 Å². The summed E-state index contributed by atoms with van der Waals surface area (Å²) in [6, 6.07) is 12.0. The van der Waals surface area contributed by atoms with Crippen molar-refractivity contribution in [1.82, 2.24) is 10.2 Å². The quantitative estimate of drug-likeness (QED) is 0.694. The minimum Gasteiger partial charge on any atom is -0.354 e. The van der Waals surface area contributed by atoms with Crippen molar-refractivity contribution in [3.63, 3.8) is 0 Å². The van der Waals surface area contributed by atoms with Gasteiger partial charge in [-0.25, -0.2) is 8.42 Å². The molecule has 1 aliphatic heterocycles. The third-order valence-electron chi connectivity index (χ3n) is 5.62. The molecule has 2 aromatic carbocycles. The first-order chi connectivity index (χ1) is 15.1. The summed E-state index contributed by atoms with van der Waals surface area (Å²) in [6.07, 6.45) is 1.17. The summed E-state index contributed by atoms with van der Waals surface area (Å²) in [7, 11) is -3.86. The molecule has 0 unspecified atom stereocenters. The molecule has 1 fully saturated rings. The van der Waals surface area contributed by atoms with E-state index in [9.17, 15) is 18.0 Å². The van der Waals surface area contributed by atoms with E-state index in [1.54, 1.807) is 48.2 Å². The molecule has 32 heavy (non-hydrogen) atoms. The Morgan fingerprint density at radius 1 is 1.03 bits per heavy atom. The van der Waals surface area contributed by atoms with E-state index in [2.05, 4.69) is 10.0 Å². The first-order valence-corrected chi connectivity index (χ1v) is 12.4. The number of amides is 2. The number of carbonyl (C=O) groups excluding carboxylic acids is 2. The Hall–Kier alpha value is -2.87. The smallest absolute Gasteiger partial charge is 0.262 e. The molecule has 8 heteroatoms. The summed E-state index contributed by atoms with van der Waals surface area (Å²) in [5, 5.41) is 2.93. The first kappa shape index (κ1) is 23.8.